The third-order valence-electron chi connectivity index (χ3n) is 4.16. The highest BCUT2D eigenvalue weighted by Gasteiger charge is 2.47. The van der Waals surface area contributed by atoms with E-state index in [1.165, 1.54) is 12.8 Å². The predicted octanol–water partition coefficient (Wildman–Crippen LogP) is 1.85. The normalized spacial score (nSPS) is 40.8. The van der Waals surface area contributed by atoms with Gasteiger partial charge in [0.15, 0.2) is 0 Å². The second-order valence-electron chi connectivity index (χ2n) is 5.25. The molecular formula is C13H17BrN2O. The van der Waals surface area contributed by atoms with Crippen LogP contribution < -0.4 is 10.6 Å². The van der Waals surface area contributed by atoms with E-state index < -0.39 is 0 Å². The second kappa shape index (κ2) is 4.25. The number of amides is 1. The molecule has 3 atom stereocenters. The molecule has 0 saturated carbocycles. The van der Waals surface area contributed by atoms with Crippen LogP contribution in [-0.2, 0) is 4.79 Å². The van der Waals surface area contributed by atoms with Crippen LogP contribution in [0.25, 0.3) is 0 Å². The van der Waals surface area contributed by atoms with Crippen molar-refractivity contribution in [3.8, 4) is 0 Å². The van der Waals surface area contributed by atoms with Gasteiger partial charge in [-0.05, 0) is 19.4 Å². The number of carbonyl (C=O) groups is 1. The first kappa shape index (κ1) is 11.5. The minimum atomic E-state index is -0.0188. The Hall–Kier alpha value is -0.610. The van der Waals surface area contributed by atoms with Crippen LogP contribution in [0.15, 0.2) is 22.7 Å². The van der Waals surface area contributed by atoms with Crippen molar-refractivity contribution in [2.24, 2.45) is 5.92 Å². The Kier molecular flexibility index (Phi) is 2.87. The summed E-state index contributed by atoms with van der Waals surface area (Å²) in [6.45, 7) is 1.03. The van der Waals surface area contributed by atoms with Crippen LogP contribution in [0.2, 0.25) is 0 Å². The van der Waals surface area contributed by atoms with Gasteiger partial charge in [0, 0.05) is 22.4 Å². The summed E-state index contributed by atoms with van der Waals surface area (Å²) in [4.78, 5) is 11.9. The summed E-state index contributed by atoms with van der Waals surface area (Å²) in [5.41, 5.74) is -0.0188. The summed E-state index contributed by atoms with van der Waals surface area (Å²) < 4.78 is 1.13. The standard InChI is InChI=1S/C13H17BrN2O/c14-9-3-4-11-10(7-9)13(8-12(17)16-11)5-1-2-6-15-13/h3-4,7,10-11,15H,1-2,5-6,8H2,(H,16,17). The summed E-state index contributed by atoms with van der Waals surface area (Å²) >= 11 is 3.55. The number of rotatable bonds is 0. The van der Waals surface area contributed by atoms with E-state index in [-0.39, 0.29) is 17.5 Å². The molecule has 4 heteroatoms. The molecule has 2 aliphatic heterocycles. The second-order valence-corrected chi connectivity index (χ2v) is 6.16. The van der Waals surface area contributed by atoms with E-state index >= 15 is 0 Å². The highest BCUT2D eigenvalue weighted by atomic mass is 79.9. The summed E-state index contributed by atoms with van der Waals surface area (Å²) in [6.07, 6.45) is 10.5. The molecule has 1 amide bonds. The van der Waals surface area contributed by atoms with E-state index in [9.17, 15) is 4.79 Å². The molecule has 1 spiro atoms. The first-order chi connectivity index (χ1) is 8.20. The van der Waals surface area contributed by atoms with Crippen LogP contribution in [0.3, 0.4) is 0 Å². The van der Waals surface area contributed by atoms with Gasteiger partial charge >= 0.3 is 0 Å². The number of allylic oxidation sites excluding steroid dienone is 2. The van der Waals surface area contributed by atoms with Crippen molar-refractivity contribution < 1.29 is 4.79 Å². The van der Waals surface area contributed by atoms with Gasteiger partial charge < -0.3 is 10.6 Å². The lowest BCUT2D eigenvalue weighted by molar-refractivity contribution is -0.127. The van der Waals surface area contributed by atoms with Gasteiger partial charge in [0.25, 0.3) is 0 Å². The molecule has 0 radical (unpaired) electrons. The van der Waals surface area contributed by atoms with Crippen molar-refractivity contribution in [3.05, 3.63) is 22.7 Å². The molecule has 1 aliphatic carbocycles. The van der Waals surface area contributed by atoms with Crippen LogP contribution in [0, 0.1) is 5.92 Å². The van der Waals surface area contributed by atoms with E-state index in [0.29, 0.717) is 12.3 Å². The van der Waals surface area contributed by atoms with Crippen molar-refractivity contribution in [1.29, 1.82) is 0 Å². The molecule has 2 saturated heterocycles. The Labute approximate surface area is 110 Å². The highest BCUT2D eigenvalue weighted by molar-refractivity contribution is 9.11. The maximum absolute atomic E-state index is 11.9. The van der Waals surface area contributed by atoms with Crippen LogP contribution in [0.4, 0.5) is 0 Å². The van der Waals surface area contributed by atoms with E-state index in [0.717, 1.165) is 17.4 Å². The molecule has 2 N–H and O–H groups in total. The Morgan fingerprint density at radius 3 is 3.06 bits per heavy atom. The van der Waals surface area contributed by atoms with Crippen LogP contribution >= 0.6 is 15.9 Å². The van der Waals surface area contributed by atoms with E-state index in [4.69, 9.17) is 0 Å². The van der Waals surface area contributed by atoms with E-state index in [1.807, 2.05) is 6.08 Å². The SMILES string of the molecule is O=C1CC2(CCCCN2)C2C=C(Br)C=CC2N1. The zero-order valence-electron chi connectivity index (χ0n) is 9.71. The number of carbonyl (C=O) groups excluding carboxylic acids is 1. The topological polar surface area (TPSA) is 41.1 Å². The third-order valence-corrected chi connectivity index (χ3v) is 4.69. The number of halogens is 1. The Morgan fingerprint density at radius 1 is 1.41 bits per heavy atom. The number of fused-ring (bicyclic) bond motifs is 2. The number of nitrogens with one attached hydrogen (secondary N) is 2. The Balaban J connectivity index is 1.95. The van der Waals surface area contributed by atoms with Gasteiger partial charge in [-0.1, -0.05) is 40.6 Å². The summed E-state index contributed by atoms with van der Waals surface area (Å²) in [7, 11) is 0. The molecule has 0 aromatic carbocycles. The molecule has 3 rings (SSSR count). The van der Waals surface area contributed by atoms with E-state index in [1.54, 1.807) is 0 Å². The highest BCUT2D eigenvalue weighted by Crippen LogP contribution is 2.39. The van der Waals surface area contributed by atoms with Gasteiger partial charge in [-0.3, -0.25) is 4.79 Å². The smallest absolute Gasteiger partial charge is 0.222 e. The Bertz CT molecular complexity index is 396. The van der Waals surface area contributed by atoms with Crippen LogP contribution in [-0.4, -0.2) is 24.0 Å². The molecule has 0 bridgehead atoms. The van der Waals surface area contributed by atoms with Crippen molar-refractivity contribution in [1.82, 2.24) is 10.6 Å². The fraction of sp³-hybridized carbons (Fsp3) is 0.615. The molecule has 17 heavy (non-hydrogen) atoms. The molecule has 3 unspecified atom stereocenters. The lowest BCUT2D eigenvalue weighted by atomic mass is 9.68. The van der Waals surface area contributed by atoms with Crippen molar-refractivity contribution in [3.63, 3.8) is 0 Å². The minimum Gasteiger partial charge on any atom is -0.349 e. The fourth-order valence-electron chi connectivity index (χ4n) is 3.36. The summed E-state index contributed by atoms with van der Waals surface area (Å²) in [5.74, 6) is 0.552. The van der Waals surface area contributed by atoms with Gasteiger partial charge in [-0.15, -0.1) is 0 Å². The molecule has 0 aromatic rings. The fourth-order valence-corrected chi connectivity index (χ4v) is 3.79. The maximum Gasteiger partial charge on any atom is 0.222 e. The monoisotopic (exact) mass is 296 g/mol. The first-order valence-electron chi connectivity index (χ1n) is 6.30. The molecule has 0 aromatic heterocycles. The zero-order chi connectivity index (χ0) is 11.9. The summed E-state index contributed by atoms with van der Waals surface area (Å²) in [5, 5.41) is 6.70. The van der Waals surface area contributed by atoms with E-state index in [2.05, 4.69) is 38.7 Å². The molecule has 3 aliphatic rings. The quantitative estimate of drug-likeness (QED) is 0.716. The minimum absolute atomic E-state index is 0.0188. The molecule has 2 fully saturated rings. The number of hydrogen-bond acceptors (Lipinski definition) is 2. The van der Waals surface area contributed by atoms with Gasteiger partial charge in [0.05, 0.1) is 6.04 Å². The lowest BCUT2D eigenvalue weighted by Gasteiger charge is -2.49. The van der Waals surface area contributed by atoms with Crippen LogP contribution in [0.1, 0.15) is 25.7 Å². The van der Waals surface area contributed by atoms with Gasteiger partial charge in [0.1, 0.15) is 0 Å². The number of hydrogen-bond donors (Lipinski definition) is 2. The van der Waals surface area contributed by atoms with Crippen molar-refractivity contribution in [2.45, 2.75) is 37.3 Å². The zero-order valence-corrected chi connectivity index (χ0v) is 11.3. The van der Waals surface area contributed by atoms with Gasteiger partial charge in [0.2, 0.25) is 5.91 Å². The first-order valence-corrected chi connectivity index (χ1v) is 7.09. The average molecular weight is 297 g/mol. The van der Waals surface area contributed by atoms with Gasteiger partial charge in [-0.2, -0.15) is 0 Å². The van der Waals surface area contributed by atoms with Crippen molar-refractivity contribution in [2.75, 3.05) is 6.54 Å². The van der Waals surface area contributed by atoms with Crippen molar-refractivity contribution >= 4 is 21.8 Å². The number of piperidine rings is 2. The molecular weight excluding hydrogens is 280 g/mol. The Morgan fingerprint density at radius 2 is 2.29 bits per heavy atom. The average Bonchev–Trinajstić information content (AvgIpc) is 2.31. The molecule has 92 valence electrons. The van der Waals surface area contributed by atoms with Gasteiger partial charge in [-0.25, -0.2) is 0 Å². The van der Waals surface area contributed by atoms with Crippen LogP contribution in [0.5, 0.6) is 0 Å². The lowest BCUT2D eigenvalue weighted by Crippen LogP contribution is -2.65. The molecule has 3 nitrogen and oxygen atoms in total. The molecule has 2 heterocycles. The maximum atomic E-state index is 11.9. The largest absolute Gasteiger partial charge is 0.349 e. The predicted molar refractivity (Wildman–Crippen MR) is 70.8 cm³/mol. The third kappa shape index (κ3) is 1.97. The summed E-state index contributed by atoms with van der Waals surface area (Å²) in [6, 6.07) is 0.156.